The quantitative estimate of drug-likeness (QED) is 0.359. The lowest BCUT2D eigenvalue weighted by atomic mass is 10.1. The standard InChI is InChI=1S/C26H22ClN3O3/c1-17-8-10-23(18(2)12-17)30-25(31)16-33-24-11-9-19(14-22(24)27)13-20(15-28)26(32)29-21-6-4-3-5-7-21/h3-14H,16H2,1-2H3,(H,29,32)(H,30,31)/b20-13+. The number of nitrogens with zero attached hydrogens (tertiary/aromatic N) is 1. The van der Waals surface area contributed by atoms with Crippen LogP contribution in [0.5, 0.6) is 5.75 Å². The highest BCUT2D eigenvalue weighted by Gasteiger charge is 2.12. The van der Waals surface area contributed by atoms with Crippen LogP contribution in [0.2, 0.25) is 5.02 Å². The SMILES string of the molecule is Cc1ccc(NC(=O)COc2ccc(/C=C(\C#N)C(=O)Nc3ccccc3)cc2Cl)c(C)c1. The van der Waals surface area contributed by atoms with Crippen molar-refractivity contribution >= 4 is 40.9 Å². The molecular weight excluding hydrogens is 438 g/mol. The largest absolute Gasteiger partial charge is 0.482 e. The fourth-order valence-corrected chi connectivity index (χ4v) is 3.29. The van der Waals surface area contributed by atoms with Crippen LogP contribution in [0.3, 0.4) is 0 Å². The first-order chi connectivity index (χ1) is 15.9. The van der Waals surface area contributed by atoms with E-state index in [2.05, 4.69) is 10.6 Å². The fraction of sp³-hybridized carbons (Fsp3) is 0.115. The van der Waals surface area contributed by atoms with Gasteiger partial charge in [0.25, 0.3) is 11.8 Å². The van der Waals surface area contributed by atoms with Crippen LogP contribution in [0.1, 0.15) is 16.7 Å². The van der Waals surface area contributed by atoms with Gasteiger partial charge in [0.15, 0.2) is 6.61 Å². The molecule has 7 heteroatoms. The number of ether oxygens (including phenoxy) is 1. The molecular formula is C26H22ClN3O3. The highest BCUT2D eigenvalue weighted by molar-refractivity contribution is 6.32. The summed E-state index contributed by atoms with van der Waals surface area (Å²) >= 11 is 6.28. The number of rotatable bonds is 7. The van der Waals surface area contributed by atoms with Gasteiger partial charge in [0, 0.05) is 11.4 Å². The molecule has 0 radical (unpaired) electrons. The van der Waals surface area contributed by atoms with Crippen LogP contribution in [0.25, 0.3) is 6.08 Å². The Morgan fingerprint density at radius 2 is 1.79 bits per heavy atom. The van der Waals surface area contributed by atoms with Crippen molar-refractivity contribution < 1.29 is 14.3 Å². The van der Waals surface area contributed by atoms with Crippen LogP contribution in [0.4, 0.5) is 11.4 Å². The van der Waals surface area contributed by atoms with Gasteiger partial charge in [-0.15, -0.1) is 0 Å². The Kier molecular flexibility index (Phi) is 7.85. The molecule has 3 aromatic rings. The molecule has 33 heavy (non-hydrogen) atoms. The van der Waals surface area contributed by atoms with Gasteiger partial charge < -0.3 is 15.4 Å². The monoisotopic (exact) mass is 459 g/mol. The summed E-state index contributed by atoms with van der Waals surface area (Å²) in [6, 6.07) is 21.3. The van der Waals surface area contributed by atoms with E-state index in [1.54, 1.807) is 42.5 Å². The Morgan fingerprint density at radius 1 is 1.03 bits per heavy atom. The third-order valence-corrected chi connectivity index (χ3v) is 4.97. The maximum absolute atomic E-state index is 12.4. The second-order valence-electron chi connectivity index (χ2n) is 7.34. The first-order valence-electron chi connectivity index (χ1n) is 10.1. The van der Waals surface area contributed by atoms with Crippen molar-refractivity contribution in [2.24, 2.45) is 0 Å². The average molecular weight is 460 g/mol. The van der Waals surface area contributed by atoms with Crippen molar-refractivity contribution in [1.29, 1.82) is 5.26 Å². The molecule has 0 bridgehead atoms. The second kappa shape index (κ2) is 11.0. The van der Waals surface area contributed by atoms with Gasteiger partial charge >= 0.3 is 0 Å². The van der Waals surface area contributed by atoms with Gasteiger partial charge in [-0.05, 0) is 61.4 Å². The number of para-hydroxylation sites is 1. The summed E-state index contributed by atoms with van der Waals surface area (Å²) in [5.74, 6) is -0.522. The van der Waals surface area contributed by atoms with Crippen molar-refractivity contribution in [2.75, 3.05) is 17.2 Å². The predicted octanol–water partition coefficient (Wildman–Crippen LogP) is 5.52. The number of nitrogens with one attached hydrogen (secondary N) is 2. The van der Waals surface area contributed by atoms with E-state index in [1.165, 1.54) is 6.08 Å². The first-order valence-corrected chi connectivity index (χ1v) is 10.5. The molecule has 2 N–H and O–H groups in total. The van der Waals surface area contributed by atoms with Crippen molar-refractivity contribution in [1.82, 2.24) is 0 Å². The van der Waals surface area contributed by atoms with E-state index in [4.69, 9.17) is 16.3 Å². The number of anilines is 2. The lowest BCUT2D eigenvalue weighted by Crippen LogP contribution is -2.20. The van der Waals surface area contributed by atoms with Crippen LogP contribution >= 0.6 is 11.6 Å². The third-order valence-electron chi connectivity index (χ3n) is 4.68. The maximum atomic E-state index is 12.4. The minimum Gasteiger partial charge on any atom is -0.482 e. The predicted molar refractivity (Wildman–Crippen MR) is 130 cm³/mol. The number of hydrogen-bond acceptors (Lipinski definition) is 4. The van der Waals surface area contributed by atoms with Crippen LogP contribution in [0.15, 0.2) is 72.3 Å². The molecule has 0 heterocycles. The number of aryl methyl sites for hydroxylation is 2. The molecule has 6 nitrogen and oxygen atoms in total. The molecule has 0 aliphatic carbocycles. The van der Waals surface area contributed by atoms with E-state index < -0.39 is 5.91 Å². The molecule has 0 saturated carbocycles. The molecule has 0 aromatic heterocycles. The van der Waals surface area contributed by atoms with E-state index in [-0.39, 0.29) is 23.1 Å². The van der Waals surface area contributed by atoms with Gasteiger partial charge in [-0.1, -0.05) is 53.6 Å². The molecule has 0 aliphatic heterocycles. The van der Waals surface area contributed by atoms with E-state index in [0.29, 0.717) is 17.0 Å². The van der Waals surface area contributed by atoms with E-state index >= 15 is 0 Å². The third kappa shape index (κ3) is 6.70. The van der Waals surface area contributed by atoms with Gasteiger partial charge in [0.05, 0.1) is 5.02 Å². The maximum Gasteiger partial charge on any atom is 0.266 e. The molecule has 2 amide bonds. The molecule has 166 valence electrons. The number of hydrogen-bond donors (Lipinski definition) is 2. The van der Waals surface area contributed by atoms with E-state index in [9.17, 15) is 14.9 Å². The molecule has 0 aliphatic rings. The summed E-state index contributed by atoms with van der Waals surface area (Å²) in [6.07, 6.45) is 1.43. The summed E-state index contributed by atoms with van der Waals surface area (Å²) in [7, 11) is 0. The zero-order valence-corrected chi connectivity index (χ0v) is 18.9. The zero-order chi connectivity index (χ0) is 23.8. The summed E-state index contributed by atoms with van der Waals surface area (Å²) in [4.78, 5) is 24.6. The first kappa shape index (κ1) is 23.6. The van der Waals surface area contributed by atoms with Gasteiger partial charge in [-0.2, -0.15) is 5.26 Å². The minimum absolute atomic E-state index is 0.0727. The molecule has 0 unspecified atom stereocenters. The number of carbonyl (C=O) groups excluding carboxylic acids is 2. The average Bonchev–Trinajstić information content (AvgIpc) is 2.79. The van der Waals surface area contributed by atoms with Crippen molar-refractivity contribution in [3.63, 3.8) is 0 Å². The highest BCUT2D eigenvalue weighted by Crippen LogP contribution is 2.27. The van der Waals surface area contributed by atoms with Gasteiger partial charge in [0.2, 0.25) is 0 Å². The Morgan fingerprint density at radius 3 is 2.45 bits per heavy atom. The van der Waals surface area contributed by atoms with Gasteiger partial charge in [-0.3, -0.25) is 9.59 Å². The number of benzene rings is 3. The summed E-state index contributed by atoms with van der Waals surface area (Å²) in [5.41, 5.74) is 3.85. The second-order valence-corrected chi connectivity index (χ2v) is 7.74. The van der Waals surface area contributed by atoms with Gasteiger partial charge in [0.1, 0.15) is 17.4 Å². The van der Waals surface area contributed by atoms with Crippen molar-refractivity contribution in [2.45, 2.75) is 13.8 Å². The van der Waals surface area contributed by atoms with Crippen LogP contribution in [-0.2, 0) is 9.59 Å². The van der Waals surface area contributed by atoms with Crippen LogP contribution in [0, 0.1) is 25.2 Å². The Bertz CT molecular complexity index is 1250. The summed E-state index contributed by atoms with van der Waals surface area (Å²) in [5, 5.41) is 15.1. The molecule has 0 atom stereocenters. The van der Waals surface area contributed by atoms with Gasteiger partial charge in [-0.25, -0.2) is 0 Å². The minimum atomic E-state index is -0.525. The van der Waals surface area contributed by atoms with Crippen LogP contribution < -0.4 is 15.4 Å². The molecule has 0 fully saturated rings. The lowest BCUT2D eigenvalue weighted by molar-refractivity contribution is -0.118. The smallest absolute Gasteiger partial charge is 0.266 e. The molecule has 3 rings (SSSR count). The topological polar surface area (TPSA) is 91.2 Å². The Balaban J connectivity index is 1.63. The number of halogens is 1. The van der Waals surface area contributed by atoms with E-state index in [1.807, 2.05) is 44.2 Å². The fourth-order valence-electron chi connectivity index (χ4n) is 3.04. The molecule has 0 saturated heterocycles. The lowest BCUT2D eigenvalue weighted by Gasteiger charge is -2.11. The highest BCUT2D eigenvalue weighted by atomic mass is 35.5. The number of amides is 2. The number of carbonyl (C=O) groups is 2. The summed E-state index contributed by atoms with van der Waals surface area (Å²) < 4.78 is 5.54. The zero-order valence-electron chi connectivity index (χ0n) is 18.2. The Hall–Kier alpha value is -4.08. The number of nitriles is 1. The molecule has 0 spiro atoms. The Labute approximate surface area is 197 Å². The van der Waals surface area contributed by atoms with Crippen molar-refractivity contribution in [3.8, 4) is 11.8 Å². The van der Waals surface area contributed by atoms with Crippen molar-refractivity contribution in [3.05, 3.63) is 94.0 Å². The van der Waals surface area contributed by atoms with Crippen LogP contribution in [-0.4, -0.2) is 18.4 Å². The normalized spacial score (nSPS) is 10.8. The summed E-state index contributed by atoms with van der Waals surface area (Å²) in [6.45, 7) is 3.69. The van der Waals surface area contributed by atoms with E-state index in [0.717, 1.165) is 16.8 Å². The molecule has 3 aromatic carbocycles.